The molecule has 0 bridgehead atoms. The van der Waals surface area contributed by atoms with E-state index in [1.54, 1.807) is 20.1 Å². The van der Waals surface area contributed by atoms with Crippen LogP contribution in [0.2, 0.25) is 0 Å². The first-order valence-corrected chi connectivity index (χ1v) is 10.5. The van der Waals surface area contributed by atoms with E-state index in [9.17, 15) is 29.1 Å². The van der Waals surface area contributed by atoms with Crippen molar-refractivity contribution in [2.24, 2.45) is 11.7 Å². The molecule has 0 radical (unpaired) electrons. The molecule has 0 heterocycles. The lowest BCUT2D eigenvalue weighted by Crippen LogP contribution is -2.54. The summed E-state index contributed by atoms with van der Waals surface area (Å²) in [5.74, 6) is -4.31. The highest BCUT2D eigenvalue weighted by Crippen LogP contribution is 2.07. The Morgan fingerprint density at radius 3 is 2.17 bits per heavy atom. The van der Waals surface area contributed by atoms with Crippen LogP contribution in [0.3, 0.4) is 0 Å². The van der Waals surface area contributed by atoms with E-state index in [0.717, 1.165) is 0 Å². The summed E-state index contributed by atoms with van der Waals surface area (Å²) in [4.78, 5) is 58.3. The predicted octanol–water partition coefficient (Wildman–Crippen LogP) is -1.24. The number of carboxylic acids is 2. The molecular formula is C17H30N4O7S. The lowest BCUT2D eigenvalue weighted by molar-refractivity contribution is -0.143. The molecule has 11 nitrogen and oxygen atoms in total. The first-order valence-electron chi connectivity index (χ1n) is 9.09. The summed E-state index contributed by atoms with van der Waals surface area (Å²) in [6.45, 7) is 3.01. The minimum Gasteiger partial charge on any atom is -0.481 e. The van der Waals surface area contributed by atoms with Gasteiger partial charge in [-0.15, -0.1) is 0 Å². The van der Waals surface area contributed by atoms with E-state index >= 15 is 0 Å². The zero-order valence-corrected chi connectivity index (χ0v) is 17.6. The van der Waals surface area contributed by atoms with Gasteiger partial charge in [0.2, 0.25) is 17.7 Å². The minimum absolute atomic E-state index is 0.241. The second-order valence-corrected chi connectivity index (χ2v) is 7.52. The number of nitrogens with one attached hydrogen (secondary N) is 3. The van der Waals surface area contributed by atoms with Gasteiger partial charge < -0.3 is 31.9 Å². The molecule has 0 aromatic rings. The maximum Gasteiger partial charge on any atom is 0.326 e. The molecule has 0 aliphatic rings. The van der Waals surface area contributed by atoms with E-state index in [0.29, 0.717) is 12.2 Å². The summed E-state index contributed by atoms with van der Waals surface area (Å²) in [5, 5.41) is 25.0. The second kappa shape index (κ2) is 13.8. The zero-order chi connectivity index (χ0) is 22.6. The highest BCUT2D eigenvalue weighted by atomic mass is 32.2. The van der Waals surface area contributed by atoms with Gasteiger partial charge in [0, 0.05) is 0 Å². The van der Waals surface area contributed by atoms with Crippen molar-refractivity contribution in [1.29, 1.82) is 0 Å². The third-order valence-electron chi connectivity index (χ3n) is 4.19. The Kier molecular flexibility index (Phi) is 12.7. The fourth-order valence-electron chi connectivity index (χ4n) is 2.26. The molecular weight excluding hydrogens is 404 g/mol. The third-order valence-corrected chi connectivity index (χ3v) is 4.84. The largest absolute Gasteiger partial charge is 0.481 e. The van der Waals surface area contributed by atoms with E-state index in [4.69, 9.17) is 10.8 Å². The van der Waals surface area contributed by atoms with Crippen LogP contribution in [0.5, 0.6) is 0 Å². The van der Waals surface area contributed by atoms with Crippen LogP contribution in [-0.2, 0) is 24.0 Å². The molecule has 7 N–H and O–H groups in total. The molecule has 0 spiro atoms. The summed E-state index contributed by atoms with van der Waals surface area (Å²) in [6.07, 6.45) is 2.01. The van der Waals surface area contributed by atoms with E-state index < -0.39 is 60.8 Å². The number of carbonyl (C=O) groups excluding carboxylic acids is 3. The molecule has 0 fully saturated rings. The van der Waals surface area contributed by atoms with Crippen molar-refractivity contribution in [2.45, 2.75) is 51.2 Å². The molecule has 0 aliphatic heterocycles. The highest BCUT2D eigenvalue weighted by Gasteiger charge is 2.27. The maximum atomic E-state index is 12.4. The Hall–Kier alpha value is -2.34. The summed E-state index contributed by atoms with van der Waals surface area (Å²) in [7, 11) is 0. The van der Waals surface area contributed by atoms with Crippen LogP contribution in [0.1, 0.15) is 33.1 Å². The minimum atomic E-state index is -1.31. The van der Waals surface area contributed by atoms with Crippen molar-refractivity contribution in [3.8, 4) is 0 Å². The number of rotatable bonds is 14. The predicted molar refractivity (Wildman–Crippen MR) is 107 cm³/mol. The molecule has 0 aliphatic carbocycles. The van der Waals surface area contributed by atoms with Crippen molar-refractivity contribution in [3.05, 3.63) is 0 Å². The van der Waals surface area contributed by atoms with Crippen molar-refractivity contribution in [3.63, 3.8) is 0 Å². The van der Waals surface area contributed by atoms with Crippen molar-refractivity contribution < 1.29 is 34.2 Å². The lowest BCUT2D eigenvalue weighted by atomic mass is 9.99. The van der Waals surface area contributed by atoms with Crippen molar-refractivity contribution >= 4 is 41.4 Å². The number of nitrogens with two attached hydrogens (primary N) is 1. The van der Waals surface area contributed by atoms with Crippen molar-refractivity contribution in [2.75, 3.05) is 18.6 Å². The fourth-order valence-corrected chi connectivity index (χ4v) is 2.73. The number of hydrogen-bond donors (Lipinski definition) is 6. The number of aliphatic carboxylic acids is 2. The Morgan fingerprint density at radius 2 is 1.69 bits per heavy atom. The van der Waals surface area contributed by atoms with E-state index in [1.165, 1.54) is 11.8 Å². The molecule has 4 atom stereocenters. The molecule has 12 heteroatoms. The highest BCUT2D eigenvalue weighted by molar-refractivity contribution is 7.98. The average molecular weight is 435 g/mol. The average Bonchev–Trinajstić information content (AvgIpc) is 2.65. The van der Waals surface area contributed by atoms with Gasteiger partial charge >= 0.3 is 11.9 Å². The Bertz CT molecular complexity index is 602. The normalized spacial score (nSPS) is 14.8. The van der Waals surface area contributed by atoms with Crippen LogP contribution in [0, 0.1) is 5.92 Å². The molecule has 0 aromatic heterocycles. The van der Waals surface area contributed by atoms with Crippen LogP contribution in [0.4, 0.5) is 0 Å². The van der Waals surface area contributed by atoms with Crippen LogP contribution in [-0.4, -0.2) is 76.6 Å². The van der Waals surface area contributed by atoms with Crippen molar-refractivity contribution in [1.82, 2.24) is 16.0 Å². The first kappa shape index (κ1) is 26.7. The van der Waals surface area contributed by atoms with Gasteiger partial charge in [-0.05, 0) is 24.3 Å². The number of carbonyl (C=O) groups is 5. The number of thioether (sulfide) groups is 1. The number of hydrogen-bond acceptors (Lipinski definition) is 7. The summed E-state index contributed by atoms with van der Waals surface area (Å²) >= 11 is 1.43. The summed E-state index contributed by atoms with van der Waals surface area (Å²) in [5.41, 5.74) is 5.49. The lowest BCUT2D eigenvalue weighted by Gasteiger charge is -2.22. The summed E-state index contributed by atoms with van der Waals surface area (Å²) in [6, 6.07) is -3.40. The van der Waals surface area contributed by atoms with Gasteiger partial charge in [-0.25, -0.2) is 4.79 Å². The van der Waals surface area contributed by atoms with Gasteiger partial charge in [0.1, 0.15) is 12.1 Å². The molecule has 0 saturated heterocycles. The first-order chi connectivity index (χ1) is 13.5. The monoisotopic (exact) mass is 434 g/mol. The second-order valence-electron chi connectivity index (χ2n) is 6.53. The fraction of sp³-hybridized carbons (Fsp3) is 0.706. The quantitative estimate of drug-likeness (QED) is 0.194. The van der Waals surface area contributed by atoms with Crippen LogP contribution in [0.25, 0.3) is 0 Å². The molecule has 166 valence electrons. The van der Waals surface area contributed by atoms with Gasteiger partial charge in [-0.2, -0.15) is 11.8 Å². The number of carboxylic acid groups (broad SMARTS) is 2. The van der Waals surface area contributed by atoms with Gasteiger partial charge in [0.05, 0.1) is 19.0 Å². The van der Waals surface area contributed by atoms with E-state index in [-0.39, 0.29) is 12.3 Å². The SMILES string of the molecule is CCC(C)C(NC(=O)CNC(=O)C(CCSC)NC(=O)C(N)CC(=O)O)C(=O)O. The Labute approximate surface area is 173 Å². The van der Waals surface area contributed by atoms with Crippen LogP contribution < -0.4 is 21.7 Å². The Balaban J connectivity index is 4.84. The van der Waals surface area contributed by atoms with Gasteiger partial charge in [-0.1, -0.05) is 20.3 Å². The van der Waals surface area contributed by atoms with Crippen LogP contribution >= 0.6 is 11.8 Å². The molecule has 4 unspecified atom stereocenters. The third kappa shape index (κ3) is 10.7. The van der Waals surface area contributed by atoms with E-state index in [1.807, 2.05) is 0 Å². The van der Waals surface area contributed by atoms with Gasteiger partial charge in [0.15, 0.2) is 0 Å². The molecule has 3 amide bonds. The Morgan fingerprint density at radius 1 is 1.07 bits per heavy atom. The zero-order valence-electron chi connectivity index (χ0n) is 16.8. The van der Waals surface area contributed by atoms with Crippen LogP contribution in [0.15, 0.2) is 0 Å². The van der Waals surface area contributed by atoms with Gasteiger partial charge in [0.25, 0.3) is 0 Å². The topological polar surface area (TPSA) is 188 Å². The molecule has 0 saturated carbocycles. The maximum absolute atomic E-state index is 12.4. The molecule has 0 aromatic carbocycles. The summed E-state index contributed by atoms with van der Waals surface area (Å²) < 4.78 is 0. The molecule has 29 heavy (non-hydrogen) atoms. The van der Waals surface area contributed by atoms with Gasteiger partial charge in [-0.3, -0.25) is 19.2 Å². The smallest absolute Gasteiger partial charge is 0.326 e. The number of amides is 3. The molecule has 0 rings (SSSR count). The van der Waals surface area contributed by atoms with E-state index in [2.05, 4.69) is 16.0 Å². The standard InChI is InChI=1S/C17H30N4O7S/c1-4-9(2)14(17(27)28)21-12(22)8-19-16(26)11(5-6-29-3)20-15(25)10(18)7-13(23)24/h9-11,14H,4-8,18H2,1-3H3,(H,19,26)(H,20,25)(H,21,22)(H,23,24)(H,27,28).